The summed E-state index contributed by atoms with van der Waals surface area (Å²) in [5.74, 6) is 0. The Kier molecular flexibility index (Phi) is 7.53. The Labute approximate surface area is 179 Å². The van der Waals surface area contributed by atoms with E-state index in [-0.39, 0.29) is 17.6 Å². The molecule has 164 valence electrons. The zero-order valence-corrected chi connectivity index (χ0v) is 18.9. The highest BCUT2D eigenvalue weighted by Crippen LogP contribution is 2.19. The summed E-state index contributed by atoms with van der Waals surface area (Å²) in [5.41, 5.74) is 3.71. The molecular formula is C24H36N4O2. The molecule has 1 saturated carbocycles. The summed E-state index contributed by atoms with van der Waals surface area (Å²) < 4.78 is 0. The minimum Gasteiger partial charge on any atom is -0.335 e. The van der Waals surface area contributed by atoms with Gasteiger partial charge in [0.05, 0.1) is 6.54 Å². The van der Waals surface area contributed by atoms with Crippen LogP contribution in [0.5, 0.6) is 0 Å². The van der Waals surface area contributed by atoms with Crippen LogP contribution in [-0.4, -0.2) is 54.0 Å². The molecule has 6 heteroatoms. The molecule has 1 aromatic carbocycles. The Morgan fingerprint density at radius 1 is 1.07 bits per heavy atom. The quantitative estimate of drug-likeness (QED) is 0.724. The van der Waals surface area contributed by atoms with Gasteiger partial charge in [0.1, 0.15) is 0 Å². The van der Waals surface area contributed by atoms with E-state index in [2.05, 4.69) is 28.2 Å². The molecule has 30 heavy (non-hydrogen) atoms. The smallest absolute Gasteiger partial charge is 0.317 e. The molecule has 1 fully saturated rings. The van der Waals surface area contributed by atoms with E-state index < -0.39 is 0 Å². The molecule has 0 aliphatic heterocycles. The maximum absolute atomic E-state index is 13.1. The van der Waals surface area contributed by atoms with E-state index in [0.29, 0.717) is 18.7 Å². The predicted octanol–water partition coefficient (Wildman–Crippen LogP) is 3.94. The molecule has 0 spiro atoms. The number of urea groups is 1. The largest absolute Gasteiger partial charge is 0.335 e. The minimum atomic E-state index is -0.117. The van der Waals surface area contributed by atoms with Crippen LogP contribution < -0.4 is 10.9 Å². The number of nitrogens with one attached hydrogen (secondary N) is 2. The molecule has 1 aliphatic rings. The van der Waals surface area contributed by atoms with Crippen molar-refractivity contribution in [3.63, 3.8) is 0 Å². The first-order chi connectivity index (χ1) is 14.3. The van der Waals surface area contributed by atoms with Gasteiger partial charge >= 0.3 is 6.03 Å². The molecule has 2 N–H and O–H groups in total. The van der Waals surface area contributed by atoms with Crippen LogP contribution in [0.15, 0.2) is 23.0 Å². The van der Waals surface area contributed by atoms with E-state index in [1.54, 1.807) is 4.90 Å². The molecule has 0 unspecified atom stereocenters. The van der Waals surface area contributed by atoms with Crippen LogP contribution in [0.25, 0.3) is 10.9 Å². The number of nitrogens with zero attached hydrogens (tertiary/aromatic N) is 2. The number of hydrogen-bond donors (Lipinski definition) is 2. The summed E-state index contributed by atoms with van der Waals surface area (Å²) in [6.07, 6.45) is 6.57. The molecule has 1 aliphatic carbocycles. The van der Waals surface area contributed by atoms with E-state index in [0.717, 1.165) is 42.3 Å². The SMILES string of the molecule is Cc1cc2cc(CN(CCCN(C)C)C(=O)NC3CCCCC3)c(=O)[nH]c2cc1C. The number of carbonyl (C=O) groups is 1. The van der Waals surface area contributed by atoms with E-state index in [9.17, 15) is 9.59 Å². The monoisotopic (exact) mass is 412 g/mol. The standard InChI is InChI=1S/C24H36N4O2/c1-17-13-19-15-20(23(29)26-22(19)14-18(17)2)16-28(12-8-11-27(3)4)24(30)25-21-9-6-5-7-10-21/h13-15,21H,5-12,16H2,1-4H3,(H,25,30)(H,26,29). The lowest BCUT2D eigenvalue weighted by molar-refractivity contribution is 0.184. The van der Waals surface area contributed by atoms with Gasteiger partial charge in [-0.25, -0.2) is 4.79 Å². The first-order valence-electron chi connectivity index (χ1n) is 11.2. The molecule has 2 aromatic rings. The summed E-state index contributed by atoms with van der Waals surface area (Å²) in [7, 11) is 4.07. The van der Waals surface area contributed by atoms with Crippen LogP contribution in [0, 0.1) is 13.8 Å². The van der Waals surface area contributed by atoms with Crippen molar-refractivity contribution in [2.24, 2.45) is 0 Å². The lowest BCUT2D eigenvalue weighted by atomic mass is 9.96. The Balaban J connectivity index is 1.80. The highest BCUT2D eigenvalue weighted by atomic mass is 16.2. The number of benzene rings is 1. The van der Waals surface area contributed by atoms with Gasteiger partial charge in [-0.3, -0.25) is 4.79 Å². The Bertz CT molecular complexity index is 929. The van der Waals surface area contributed by atoms with Crippen molar-refractivity contribution in [3.05, 3.63) is 45.2 Å². The van der Waals surface area contributed by atoms with Crippen LogP contribution >= 0.6 is 0 Å². The summed E-state index contributed by atoms with van der Waals surface area (Å²) >= 11 is 0. The van der Waals surface area contributed by atoms with E-state index >= 15 is 0 Å². The van der Waals surface area contributed by atoms with Crippen molar-refractivity contribution < 1.29 is 4.79 Å². The fourth-order valence-electron chi connectivity index (χ4n) is 4.19. The summed E-state index contributed by atoms with van der Waals surface area (Å²) in [4.78, 5) is 32.7. The highest BCUT2D eigenvalue weighted by Gasteiger charge is 2.21. The summed E-state index contributed by atoms with van der Waals surface area (Å²) in [5, 5.41) is 4.22. The lowest BCUT2D eigenvalue weighted by Gasteiger charge is -2.28. The predicted molar refractivity (Wildman–Crippen MR) is 123 cm³/mol. The normalized spacial score (nSPS) is 15.0. The molecule has 0 bridgehead atoms. The van der Waals surface area contributed by atoms with Crippen LogP contribution in [0.4, 0.5) is 4.79 Å². The molecule has 1 heterocycles. The third-order valence-electron chi connectivity index (χ3n) is 6.15. The molecule has 0 saturated heterocycles. The van der Waals surface area contributed by atoms with Crippen LogP contribution in [-0.2, 0) is 6.54 Å². The first-order valence-corrected chi connectivity index (χ1v) is 11.2. The average Bonchev–Trinajstić information content (AvgIpc) is 2.69. The van der Waals surface area contributed by atoms with Gasteiger partial charge in [0.15, 0.2) is 0 Å². The van der Waals surface area contributed by atoms with Crippen molar-refractivity contribution in [2.45, 2.75) is 65.0 Å². The van der Waals surface area contributed by atoms with Crippen LogP contribution in [0.2, 0.25) is 0 Å². The maximum atomic E-state index is 13.1. The molecule has 1 aromatic heterocycles. The number of pyridine rings is 1. The van der Waals surface area contributed by atoms with Crippen molar-refractivity contribution in [2.75, 3.05) is 27.2 Å². The van der Waals surface area contributed by atoms with E-state index in [4.69, 9.17) is 0 Å². The lowest BCUT2D eigenvalue weighted by Crippen LogP contribution is -2.46. The van der Waals surface area contributed by atoms with E-state index in [1.807, 2.05) is 33.2 Å². The van der Waals surface area contributed by atoms with Crippen molar-refractivity contribution in [1.82, 2.24) is 20.1 Å². The Morgan fingerprint density at radius 3 is 2.47 bits per heavy atom. The third-order valence-corrected chi connectivity index (χ3v) is 6.15. The highest BCUT2D eigenvalue weighted by molar-refractivity contribution is 5.81. The number of aromatic nitrogens is 1. The molecule has 3 rings (SSSR count). The number of fused-ring (bicyclic) bond motifs is 1. The molecular weight excluding hydrogens is 376 g/mol. The molecule has 0 atom stereocenters. The van der Waals surface area contributed by atoms with Gasteiger partial charge < -0.3 is 20.1 Å². The fourth-order valence-corrected chi connectivity index (χ4v) is 4.19. The number of carbonyl (C=O) groups excluding carboxylic acids is 1. The Morgan fingerprint density at radius 2 is 1.77 bits per heavy atom. The van der Waals surface area contributed by atoms with Crippen LogP contribution in [0.3, 0.4) is 0 Å². The van der Waals surface area contributed by atoms with Gasteiger partial charge in [-0.2, -0.15) is 0 Å². The van der Waals surface area contributed by atoms with Crippen LogP contribution in [0.1, 0.15) is 55.2 Å². The molecule has 0 radical (unpaired) electrons. The fraction of sp³-hybridized carbons (Fsp3) is 0.583. The molecule has 2 amide bonds. The number of rotatable bonds is 7. The number of aryl methyl sites for hydroxylation is 2. The zero-order chi connectivity index (χ0) is 21.7. The summed E-state index contributed by atoms with van der Waals surface area (Å²) in [6.45, 7) is 5.97. The van der Waals surface area contributed by atoms with E-state index in [1.165, 1.54) is 24.8 Å². The first kappa shape index (κ1) is 22.3. The van der Waals surface area contributed by atoms with Gasteiger partial charge in [0.25, 0.3) is 5.56 Å². The number of H-pyrrole nitrogens is 1. The summed E-state index contributed by atoms with van der Waals surface area (Å²) in [6, 6.07) is 6.25. The number of amides is 2. The second kappa shape index (κ2) is 10.1. The van der Waals surface area contributed by atoms with Crippen molar-refractivity contribution >= 4 is 16.9 Å². The topological polar surface area (TPSA) is 68.4 Å². The Hall–Kier alpha value is -2.34. The average molecular weight is 413 g/mol. The second-order valence-electron chi connectivity index (χ2n) is 9.01. The van der Waals surface area contributed by atoms with Gasteiger partial charge in [-0.15, -0.1) is 0 Å². The number of aromatic amines is 1. The molecule has 6 nitrogen and oxygen atoms in total. The van der Waals surface area contributed by atoms with Crippen molar-refractivity contribution in [3.8, 4) is 0 Å². The zero-order valence-electron chi connectivity index (χ0n) is 18.9. The van der Waals surface area contributed by atoms with Gasteiger partial charge in [-0.05, 0) is 88.5 Å². The third kappa shape index (κ3) is 5.85. The van der Waals surface area contributed by atoms with Gasteiger partial charge in [0, 0.05) is 23.7 Å². The van der Waals surface area contributed by atoms with Gasteiger partial charge in [0.2, 0.25) is 0 Å². The van der Waals surface area contributed by atoms with Crippen molar-refractivity contribution in [1.29, 1.82) is 0 Å². The second-order valence-corrected chi connectivity index (χ2v) is 9.01. The number of hydrogen-bond acceptors (Lipinski definition) is 3. The maximum Gasteiger partial charge on any atom is 0.317 e. The minimum absolute atomic E-state index is 0.0553. The van der Waals surface area contributed by atoms with Gasteiger partial charge in [-0.1, -0.05) is 19.3 Å².